The molecule has 0 atom stereocenters. The van der Waals surface area contributed by atoms with E-state index in [1.807, 2.05) is 30.5 Å². The van der Waals surface area contributed by atoms with Gasteiger partial charge in [-0.15, -0.1) is 0 Å². The first-order valence-electron chi connectivity index (χ1n) is 12.7. The van der Waals surface area contributed by atoms with E-state index in [4.69, 9.17) is 4.98 Å². The first-order chi connectivity index (χ1) is 18.7. The van der Waals surface area contributed by atoms with Gasteiger partial charge < -0.3 is 10.4 Å². The number of nitrogens with zero attached hydrogens (tertiary/aromatic N) is 3. The third kappa shape index (κ3) is 5.03. The van der Waals surface area contributed by atoms with Crippen molar-refractivity contribution in [2.75, 3.05) is 6.54 Å². The highest BCUT2D eigenvalue weighted by Gasteiger charge is 2.15. The number of hydrogen-bond acceptors (Lipinski definition) is 5. The molecule has 0 fully saturated rings. The summed E-state index contributed by atoms with van der Waals surface area (Å²) in [5.41, 5.74) is 9.30. The number of fused-ring (bicyclic) bond motifs is 1. The first-order valence-corrected chi connectivity index (χ1v) is 12.7. The van der Waals surface area contributed by atoms with Crippen LogP contribution in [0.3, 0.4) is 0 Å². The Morgan fingerprint density at radius 1 is 0.763 bits per heavy atom. The molecule has 0 saturated heterocycles. The molecule has 6 nitrogen and oxygen atoms in total. The standard InChI is InChI=1S/C32H27N5O/c38-27-12-8-22(9-13-27)14-16-33-19-23-6-10-25(11-7-23)32-28(24-4-2-1-3-5-24)18-29-30(37-32)15-17-34-31(29)26-20-35-36-21-26/h1-13,15,17-18,20-21,33,38H,14,16,19H2,(H,35,36). The molecule has 0 aliphatic heterocycles. The summed E-state index contributed by atoms with van der Waals surface area (Å²) in [5, 5.41) is 20.9. The van der Waals surface area contributed by atoms with Crippen molar-refractivity contribution in [3.63, 3.8) is 0 Å². The summed E-state index contributed by atoms with van der Waals surface area (Å²) in [5.74, 6) is 0.299. The second-order valence-corrected chi connectivity index (χ2v) is 9.25. The van der Waals surface area contributed by atoms with Crippen molar-refractivity contribution in [2.45, 2.75) is 13.0 Å². The fourth-order valence-electron chi connectivity index (χ4n) is 4.67. The molecule has 0 aliphatic carbocycles. The first kappa shape index (κ1) is 23.6. The smallest absolute Gasteiger partial charge is 0.115 e. The van der Waals surface area contributed by atoms with Crippen LogP contribution in [0.15, 0.2) is 110 Å². The number of H-pyrrole nitrogens is 1. The van der Waals surface area contributed by atoms with Crippen molar-refractivity contribution in [1.29, 1.82) is 0 Å². The zero-order valence-corrected chi connectivity index (χ0v) is 20.8. The highest BCUT2D eigenvalue weighted by molar-refractivity contribution is 5.98. The van der Waals surface area contributed by atoms with Gasteiger partial charge in [0.25, 0.3) is 0 Å². The fraction of sp³-hybridized carbons (Fsp3) is 0.0938. The van der Waals surface area contributed by atoms with Crippen LogP contribution in [0.5, 0.6) is 5.75 Å². The number of aromatic amines is 1. The lowest BCUT2D eigenvalue weighted by molar-refractivity contribution is 0.475. The Morgan fingerprint density at radius 3 is 2.32 bits per heavy atom. The average Bonchev–Trinajstić information content (AvgIpc) is 3.51. The fourth-order valence-corrected chi connectivity index (χ4v) is 4.67. The van der Waals surface area contributed by atoms with Crippen molar-refractivity contribution >= 4 is 10.9 Å². The van der Waals surface area contributed by atoms with E-state index in [1.54, 1.807) is 24.5 Å². The van der Waals surface area contributed by atoms with Gasteiger partial charge in [-0.05, 0) is 53.9 Å². The number of benzene rings is 3. The molecule has 0 radical (unpaired) electrons. The monoisotopic (exact) mass is 497 g/mol. The Hall–Kier alpha value is -4.81. The van der Waals surface area contributed by atoms with Crippen LogP contribution in [-0.2, 0) is 13.0 Å². The predicted octanol–water partition coefficient (Wildman–Crippen LogP) is 6.39. The Kier molecular flexibility index (Phi) is 6.62. The van der Waals surface area contributed by atoms with E-state index in [9.17, 15) is 5.11 Å². The van der Waals surface area contributed by atoms with Gasteiger partial charge >= 0.3 is 0 Å². The van der Waals surface area contributed by atoms with Gasteiger partial charge in [-0.2, -0.15) is 5.10 Å². The highest BCUT2D eigenvalue weighted by atomic mass is 16.3. The second kappa shape index (κ2) is 10.7. The molecule has 6 rings (SSSR count). The largest absolute Gasteiger partial charge is 0.508 e. The Labute approximate surface area is 221 Å². The molecular formula is C32H27N5O. The molecule has 0 unspecified atom stereocenters. The van der Waals surface area contributed by atoms with E-state index in [2.05, 4.69) is 75.1 Å². The quantitative estimate of drug-likeness (QED) is 0.212. The molecule has 3 aromatic heterocycles. The lowest BCUT2D eigenvalue weighted by Gasteiger charge is -2.14. The Balaban J connectivity index is 1.28. The summed E-state index contributed by atoms with van der Waals surface area (Å²) in [6, 6.07) is 30.5. The summed E-state index contributed by atoms with van der Waals surface area (Å²) in [6.07, 6.45) is 6.36. The molecule has 3 aromatic carbocycles. The summed E-state index contributed by atoms with van der Waals surface area (Å²) < 4.78 is 0. The zero-order chi connectivity index (χ0) is 25.7. The summed E-state index contributed by atoms with van der Waals surface area (Å²) in [7, 11) is 0. The third-order valence-electron chi connectivity index (χ3n) is 6.68. The van der Waals surface area contributed by atoms with Crippen molar-refractivity contribution in [2.24, 2.45) is 0 Å². The minimum atomic E-state index is 0.299. The second-order valence-electron chi connectivity index (χ2n) is 9.25. The van der Waals surface area contributed by atoms with Crippen molar-refractivity contribution in [3.8, 4) is 39.4 Å². The van der Waals surface area contributed by atoms with E-state index in [0.29, 0.717) is 5.75 Å². The van der Waals surface area contributed by atoms with Crippen LogP contribution >= 0.6 is 0 Å². The van der Waals surface area contributed by atoms with E-state index in [0.717, 1.165) is 64.1 Å². The van der Waals surface area contributed by atoms with Gasteiger partial charge in [-0.1, -0.05) is 66.7 Å². The van der Waals surface area contributed by atoms with Crippen molar-refractivity contribution in [1.82, 2.24) is 25.5 Å². The van der Waals surface area contributed by atoms with Crippen LogP contribution in [0.1, 0.15) is 11.1 Å². The van der Waals surface area contributed by atoms with Crippen LogP contribution in [0, 0.1) is 0 Å². The van der Waals surface area contributed by atoms with E-state index in [-0.39, 0.29) is 0 Å². The molecule has 6 aromatic rings. The van der Waals surface area contributed by atoms with Crippen LogP contribution < -0.4 is 5.32 Å². The number of hydrogen-bond donors (Lipinski definition) is 3. The Morgan fingerprint density at radius 2 is 1.55 bits per heavy atom. The van der Waals surface area contributed by atoms with E-state index in [1.165, 1.54) is 11.1 Å². The summed E-state index contributed by atoms with van der Waals surface area (Å²) in [4.78, 5) is 9.77. The molecule has 186 valence electrons. The topological polar surface area (TPSA) is 86.7 Å². The number of nitrogens with one attached hydrogen (secondary N) is 2. The summed E-state index contributed by atoms with van der Waals surface area (Å²) in [6.45, 7) is 1.65. The molecular weight excluding hydrogens is 470 g/mol. The van der Waals surface area contributed by atoms with E-state index < -0.39 is 0 Å². The van der Waals surface area contributed by atoms with Crippen LogP contribution in [0.25, 0.3) is 44.5 Å². The van der Waals surface area contributed by atoms with Gasteiger partial charge in [0.1, 0.15) is 5.75 Å². The zero-order valence-electron chi connectivity index (χ0n) is 20.8. The average molecular weight is 498 g/mol. The molecule has 3 N–H and O–H groups in total. The summed E-state index contributed by atoms with van der Waals surface area (Å²) >= 11 is 0. The molecule has 0 saturated carbocycles. The highest BCUT2D eigenvalue weighted by Crippen LogP contribution is 2.36. The van der Waals surface area contributed by atoms with Crippen LogP contribution in [-0.4, -0.2) is 31.8 Å². The van der Waals surface area contributed by atoms with Gasteiger partial charge in [0.05, 0.1) is 23.1 Å². The lowest BCUT2D eigenvalue weighted by atomic mass is 9.96. The van der Waals surface area contributed by atoms with Gasteiger partial charge in [0.2, 0.25) is 0 Å². The number of aromatic nitrogens is 4. The van der Waals surface area contributed by atoms with Crippen LogP contribution in [0.2, 0.25) is 0 Å². The van der Waals surface area contributed by atoms with Gasteiger partial charge in [-0.3, -0.25) is 10.1 Å². The minimum Gasteiger partial charge on any atom is -0.508 e. The van der Waals surface area contributed by atoms with Gasteiger partial charge in [0, 0.05) is 41.0 Å². The maximum Gasteiger partial charge on any atom is 0.115 e. The van der Waals surface area contributed by atoms with Crippen molar-refractivity contribution in [3.05, 3.63) is 121 Å². The molecule has 0 spiro atoms. The van der Waals surface area contributed by atoms with E-state index >= 15 is 0 Å². The molecule has 3 heterocycles. The normalized spacial score (nSPS) is 11.2. The number of phenols is 1. The number of phenolic OH excluding ortho intramolecular Hbond substituents is 1. The molecule has 0 bridgehead atoms. The van der Waals surface area contributed by atoms with Crippen molar-refractivity contribution < 1.29 is 5.11 Å². The third-order valence-corrected chi connectivity index (χ3v) is 6.68. The molecule has 6 heteroatoms. The van der Waals surface area contributed by atoms with Gasteiger partial charge in [0.15, 0.2) is 0 Å². The Bertz CT molecular complexity index is 1650. The predicted molar refractivity (Wildman–Crippen MR) is 152 cm³/mol. The molecule has 0 aliphatic rings. The lowest BCUT2D eigenvalue weighted by Crippen LogP contribution is -2.16. The van der Waals surface area contributed by atoms with Gasteiger partial charge in [-0.25, -0.2) is 4.98 Å². The molecule has 38 heavy (non-hydrogen) atoms. The number of rotatable bonds is 8. The maximum absolute atomic E-state index is 9.44. The SMILES string of the molecule is Oc1ccc(CCNCc2ccc(-c3nc4ccnc(-c5cn[nH]c5)c4cc3-c3ccccc3)cc2)cc1. The molecule has 0 amide bonds. The van der Waals surface area contributed by atoms with Crippen LogP contribution in [0.4, 0.5) is 0 Å². The minimum absolute atomic E-state index is 0.299. The maximum atomic E-state index is 9.44. The number of pyridine rings is 2. The number of aromatic hydroxyl groups is 1.